The Hall–Kier alpha value is 0.310. The number of hydrogen-bond acceptors (Lipinski definition) is 2. The molecule has 4 rings (SSSR count). The van der Waals surface area contributed by atoms with Crippen LogP contribution in [0.2, 0.25) is 0 Å². The van der Waals surface area contributed by atoms with Gasteiger partial charge in [-0.15, -0.1) is 0 Å². The second-order valence-electron chi connectivity index (χ2n) is 7.46. The van der Waals surface area contributed by atoms with Crippen molar-refractivity contribution in [3.05, 3.63) is 0 Å². The lowest BCUT2D eigenvalue weighted by atomic mass is 9.79. The molecule has 0 radical (unpaired) electrons. The molecule has 4 aliphatic carbocycles. The van der Waals surface area contributed by atoms with E-state index in [0.717, 1.165) is 41.0 Å². The van der Waals surface area contributed by atoms with E-state index in [1.165, 1.54) is 37.9 Å². The van der Waals surface area contributed by atoms with Gasteiger partial charge in [0.25, 0.3) is 0 Å². The van der Waals surface area contributed by atoms with Gasteiger partial charge in [0.2, 0.25) is 0 Å². The van der Waals surface area contributed by atoms with E-state index in [4.69, 9.17) is 0 Å². The predicted octanol–water partition coefficient (Wildman–Crippen LogP) is 4.07. The highest BCUT2D eigenvalue weighted by Crippen LogP contribution is 2.58. The lowest BCUT2D eigenvalue weighted by Gasteiger charge is -2.35. The van der Waals surface area contributed by atoms with Gasteiger partial charge in [0, 0.05) is 17.3 Å². The summed E-state index contributed by atoms with van der Waals surface area (Å²) in [6.07, 6.45) is 12.1. The van der Waals surface area contributed by atoms with Gasteiger partial charge in [0.05, 0.1) is 0 Å². The fourth-order valence-corrected chi connectivity index (χ4v) is 7.27. The average Bonchev–Trinajstić information content (AvgIpc) is 3.11. The lowest BCUT2D eigenvalue weighted by molar-refractivity contribution is 0.198. The molecule has 0 aliphatic heterocycles. The molecule has 2 heteroatoms. The summed E-state index contributed by atoms with van der Waals surface area (Å²) in [5.41, 5.74) is 0. The second kappa shape index (κ2) is 5.26. The summed E-state index contributed by atoms with van der Waals surface area (Å²) in [5, 5.41) is 5.06. The Labute approximate surface area is 122 Å². The highest BCUT2D eigenvalue weighted by atomic mass is 32.2. The Morgan fingerprint density at radius 1 is 0.895 bits per heavy atom. The minimum atomic E-state index is 0.842. The van der Waals surface area contributed by atoms with Crippen LogP contribution in [0.4, 0.5) is 0 Å². The van der Waals surface area contributed by atoms with Crippen molar-refractivity contribution in [3.8, 4) is 0 Å². The van der Waals surface area contributed by atoms with E-state index < -0.39 is 0 Å². The molecule has 4 aliphatic rings. The normalized spacial score (nSPS) is 51.9. The molecule has 108 valence electrons. The van der Waals surface area contributed by atoms with Crippen molar-refractivity contribution in [1.29, 1.82) is 0 Å². The predicted molar refractivity (Wildman–Crippen MR) is 83.5 cm³/mol. The zero-order chi connectivity index (χ0) is 12.8. The van der Waals surface area contributed by atoms with Crippen LogP contribution in [-0.4, -0.2) is 23.1 Å². The van der Waals surface area contributed by atoms with E-state index in [2.05, 4.69) is 24.0 Å². The monoisotopic (exact) mass is 279 g/mol. The van der Waals surface area contributed by atoms with E-state index in [1.807, 2.05) is 0 Å². The van der Waals surface area contributed by atoms with Crippen molar-refractivity contribution in [3.63, 3.8) is 0 Å². The highest BCUT2D eigenvalue weighted by molar-refractivity contribution is 7.99. The molecular weight excluding hydrogens is 250 g/mol. The molecule has 1 nitrogen and oxygen atoms in total. The van der Waals surface area contributed by atoms with Gasteiger partial charge in [-0.25, -0.2) is 0 Å². The lowest BCUT2D eigenvalue weighted by Crippen LogP contribution is -2.46. The molecule has 0 aromatic heterocycles. The number of nitrogens with one attached hydrogen (secondary N) is 1. The molecule has 0 spiro atoms. The largest absolute Gasteiger partial charge is 0.310 e. The smallest absolute Gasteiger partial charge is 0.0201 e. The number of rotatable bonds is 4. The van der Waals surface area contributed by atoms with E-state index in [9.17, 15) is 0 Å². The van der Waals surface area contributed by atoms with E-state index in [0.29, 0.717) is 0 Å². The SMILES string of the molecule is CCSC1CCCC1NC1CC2CC1C1CCCC21. The van der Waals surface area contributed by atoms with E-state index in [1.54, 1.807) is 19.3 Å². The Kier molecular flexibility index (Phi) is 3.60. The number of hydrogen-bond donors (Lipinski definition) is 1. The van der Waals surface area contributed by atoms with Gasteiger partial charge in [-0.1, -0.05) is 19.8 Å². The summed E-state index contributed by atoms with van der Waals surface area (Å²) >= 11 is 2.21. The molecule has 19 heavy (non-hydrogen) atoms. The molecule has 1 N–H and O–H groups in total. The van der Waals surface area contributed by atoms with Crippen molar-refractivity contribution in [2.45, 2.75) is 75.6 Å². The zero-order valence-electron chi connectivity index (χ0n) is 12.3. The first-order valence-corrected chi connectivity index (χ1v) is 9.79. The van der Waals surface area contributed by atoms with Crippen LogP contribution in [0.3, 0.4) is 0 Å². The standard InChI is InChI=1S/C17H29NS/c1-2-19-17-8-4-7-15(17)18-16-10-11-9-14(16)13-6-3-5-12(11)13/h11-18H,2-10H2,1H3. The van der Waals surface area contributed by atoms with Gasteiger partial charge in [0.1, 0.15) is 0 Å². The first-order valence-electron chi connectivity index (χ1n) is 8.74. The second-order valence-corrected chi connectivity index (χ2v) is 8.97. The maximum Gasteiger partial charge on any atom is 0.0201 e. The third-order valence-electron chi connectivity index (χ3n) is 6.69. The third-order valence-corrected chi connectivity index (χ3v) is 8.02. The molecule has 0 aromatic rings. The van der Waals surface area contributed by atoms with Crippen LogP contribution < -0.4 is 5.32 Å². The van der Waals surface area contributed by atoms with Gasteiger partial charge in [-0.05, 0) is 67.9 Å². The van der Waals surface area contributed by atoms with Crippen LogP contribution in [0.1, 0.15) is 58.3 Å². The molecule has 7 atom stereocenters. The van der Waals surface area contributed by atoms with Gasteiger partial charge in [-0.3, -0.25) is 0 Å². The quantitative estimate of drug-likeness (QED) is 0.832. The van der Waals surface area contributed by atoms with Gasteiger partial charge in [0.15, 0.2) is 0 Å². The molecule has 0 amide bonds. The average molecular weight is 279 g/mol. The molecule has 4 saturated carbocycles. The summed E-state index contributed by atoms with van der Waals surface area (Å²) < 4.78 is 0. The summed E-state index contributed by atoms with van der Waals surface area (Å²) in [6.45, 7) is 2.32. The summed E-state index contributed by atoms with van der Waals surface area (Å²) in [6, 6.07) is 1.74. The van der Waals surface area contributed by atoms with E-state index in [-0.39, 0.29) is 0 Å². The fraction of sp³-hybridized carbons (Fsp3) is 1.00. The summed E-state index contributed by atoms with van der Waals surface area (Å²) in [7, 11) is 0. The first-order chi connectivity index (χ1) is 9.36. The fourth-order valence-electron chi connectivity index (χ4n) is 6.06. The molecular formula is C17H29NS. The molecule has 0 saturated heterocycles. The number of thioether (sulfide) groups is 1. The maximum absolute atomic E-state index is 4.14. The Balaban J connectivity index is 1.39. The molecule has 7 unspecified atom stereocenters. The van der Waals surface area contributed by atoms with Crippen LogP contribution in [0.15, 0.2) is 0 Å². The number of fused-ring (bicyclic) bond motifs is 5. The Morgan fingerprint density at radius 2 is 1.74 bits per heavy atom. The Morgan fingerprint density at radius 3 is 2.63 bits per heavy atom. The summed E-state index contributed by atoms with van der Waals surface area (Å²) in [4.78, 5) is 0. The molecule has 2 bridgehead atoms. The highest BCUT2D eigenvalue weighted by Gasteiger charge is 2.54. The van der Waals surface area contributed by atoms with Crippen LogP contribution in [0, 0.1) is 23.7 Å². The van der Waals surface area contributed by atoms with Crippen molar-refractivity contribution in [2.75, 3.05) is 5.75 Å². The van der Waals surface area contributed by atoms with Crippen LogP contribution in [0.25, 0.3) is 0 Å². The van der Waals surface area contributed by atoms with Crippen molar-refractivity contribution in [1.82, 2.24) is 5.32 Å². The van der Waals surface area contributed by atoms with Crippen molar-refractivity contribution >= 4 is 11.8 Å². The Bertz CT molecular complexity index is 331. The van der Waals surface area contributed by atoms with Crippen LogP contribution >= 0.6 is 11.8 Å². The molecule has 0 aromatic carbocycles. The van der Waals surface area contributed by atoms with Crippen LogP contribution in [-0.2, 0) is 0 Å². The van der Waals surface area contributed by atoms with Crippen molar-refractivity contribution in [2.24, 2.45) is 23.7 Å². The van der Waals surface area contributed by atoms with E-state index >= 15 is 0 Å². The topological polar surface area (TPSA) is 12.0 Å². The zero-order valence-corrected chi connectivity index (χ0v) is 13.1. The van der Waals surface area contributed by atoms with Gasteiger partial charge >= 0.3 is 0 Å². The minimum Gasteiger partial charge on any atom is -0.310 e. The summed E-state index contributed by atoms with van der Waals surface area (Å²) in [5.74, 6) is 5.73. The third kappa shape index (κ3) is 2.18. The van der Waals surface area contributed by atoms with Gasteiger partial charge in [-0.2, -0.15) is 11.8 Å². The first kappa shape index (κ1) is 13.0. The maximum atomic E-state index is 4.14. The minimum absolute atomic E-state index is 0.842. The van der Waals surface area contributed by atoms with Crippen molar-refractivity contribution < 1.29 is 0 Å². The molecule has 4 fully saturated rings. The molecule has 0 heterocycles. The van der Waals surface area contributed by atoms with Crippen LogP contribution in [0.5, 0.6) is 0 Å². The van der Waals surface area contributed by atoms with Gasteiger partial charge < -0.3 is 5.32 Å².